The molecule has 3 heteroatoms. The quantitative estimate of drug-likeness (QED) is 0.879. The van der Waals surface area contributed by atoms with Gasteiger partial charge in [-0.1, -0.05) is 44.2 Å². The Morgan fingerprint density at radius 2 is 2.00 bits per heavy atom. The Bertz CT molecular complexity index is 536. The Kier molecular flexibility index (Phi) is 3.38. The highest BCUT2D eigenvalue weighted by Gasteiger charge is 2.22. The average molecular weight is 255 g/mol. The highest BCUT2D eigenvalue weighted by Crippen LogP contribution is 2.30. The van der Waals surface area contributed by atoms with Crippen LogP contribution in [0.25, 0.3) is 11.3 Å². The second-order valence-electron chi connectivity index (χ2n) is 5.55. The fraction of sp³-hybridized carbons (Fsp3) is 0.438. The predicted molar refractivity (Wildman–Crippen MR) is 78.1 cm³/mol. The first-order valence-corrected chi connectivity index (χ1v) is 7.14. The lowest BCUT2D eigenvalue weighted by Gasteiger charge is -2.06. The van der Waals surface area contributed by atoms with Crippen molar-refractivity contribution in [2.24, 2.45) is 0 Å². The number of nitrogens with zero attached hydrogens (tertiary/aromatic N) is 1. The second-order valence-corrected chi connectivity index (χ2v) is 5.55. The fourth-order valence-electron chi connectivity index (χ4n) is 2.72. The van der Waals surface area contributed by atoms with Crippen LogP contribution in [-0.2, 0) is 0 Å². The molecule has 0 amide bonds. The highest BCUT2D eigenvalue weighted by atomic mass is 15.0. The Balaban J connectivity index is 2.02. The molecule has 1 saturated heterocycles. The van der Waals surface area contributed by atoms with E-state index >= 15 is 0 Å². The van der Waals surface area contributed by atoms with Crippen molar-refractivity contribution in [2.75, 3.05) is 6.54 Å². The van der Waals surface area contributed by atoms with Crippen LogP contribution in [0.15, 0.2) is 30.3 Å². The van der Waals surface area contributed by atoms with Gasteiger partial charge in [-0.3, -0.25) is 0 Å². The van der Waals surface area contributed by atoms with E-state index in [1.54, 1.807) is 0 Å². The Morgan fingerprint density at radius 1 is 1.21 bits per heavy atom. The molecule has 1 aromatic carbocycles. The van der Waals surface area contributed by atoms with Crippen molar-refractivity contribution in [2.45, 2.75) is 38.6 Å². The molecule has 100 valence electrons. The molecule has 0 spiro atoms. The van der Waals surface area contributed by atoms with E-state index in [1.807, 2.05) is 6.07 Å². The summed E-state index contributed by atoms with van der Waals surface area (Å²) >= 11 is 0. The maximum atomic E-state index is 4.87. The largest absolute Gasteiger partial charge is 0.344 e. The number of aromatic amines is 1. The van der Waals surface area contributed by atoms with Gasteiger partial charge in [0, 0.05) is 11.3 Å². The highest BCUT2D eigenvalue weighted by molar-refractivity contribution is 5.62. The van der Waals surface area contributed by atoms with Gasteiger partial charge in [0.2, 0.25) is 0 Å². The normalized spacial score (nSPS) is 19.2. The van der Waals surface area contributed by atoms with Gasteiger partial charge in [-0.2, -0.15) is 0 Å². The zero-order valence-corrected chi connectivity index (χ0v) is 11.6. The van der Waals surface area contributed by atoms with E-state index in [1.165, 1.54) is 24.1 Å². The number of nitrogens with one attached hydrogen (secondary N) is 2. The lowest BCUT2D eigenvalue weighted by Crippen LogP contribution is -2.14. The molecule has 2 heterocycles. The smallest absolute Gasteiger partial charge is 0.124 e. The van der Waals surface area contributed by atoms with Gasteiger partial charge in [0.1, 0.15) is 5.82 Å². The van der Waals surface area contributed by atoms with Gasteiger partial charge in [-0.05, 0) is 25.3 Å². The van der Waals surface area contributed by atoms with Crippen LogP contribution in [0, 0.1) is 0 Å². The van der Waals surface area contributed by atoms with E-state index in [2.05, 4.69) is 48.4 Å². The monoisotopic (exact) mass is 255 g/mol. The third kappa shape index (κ3) is 2.43. The van der Waals surface area contributed by atoms with Gasteiger partial charge < -0.3 is 10.3 Å². The van der Waals surface area contributed by atoms with Crippen molar-refractivity contribution in [3.63, 3.8) is 0 Å². The topological polar surface area (TPSA) is 40.7 Å². The number of aromatic nitrogens is 2. The molecule has 1 fully saturated rings. The van der Waals surface area contributed by atoms with Crippen molar-refractivity contribution in [3.05, 3.63) is 41.9 Å². The average Bonchev–Trinajstić information content (AvgIpc) is 3.08. The minimum absolute atomic E-state index is 0.398. The third-order valence-electron chi connectivity index (χ3n) is 3.77. The van der Waals surface area contributed by atoms with E-state index in [0.717, 1.165) is 18.1 Å². The van der Waals surface area contributed by atoms with Gasteiger partial charge >= 0.3 is 0 Å². The number of hydrogen-bond donors (Lipinski definition) is 2. The van der Waals surface area contributed by atoms with Crippen molar-refractivity contribution in [1.29, 1.82) is 0 Å². The first kappa shape index (κ1) is 12.4. The van der Waals surface area contributed by atoms with Crippen molar-refractivity contribution in [1.82, 2.24) is 15.3 Å². The van der Waals surface area contributed by atoms with E-state index in [-0.39, 0.29) is 0 Å². The standard InChI is InChI=1S/C16H21N3/c1-11(2)14-15(12-7-4-3-5-8-12)19-16(18-14)13-9-6-10-17-13/h3-5,7-8,11,13,17H,6,9-10H2,1-2H3,(H,18,19). The minimum Gasteiger partial charge on any atom is -0.344 e. The van der Waals surface area contributed by atoms with Crippen LogP contribution in [-0.4, -0.2) is 16.5 Å². The van der Waals surface area contributed by atoms with Gasteiger partial charge in [-0.25, -0.2) is 4.98 Å². The lowest BCUT2D eigenvalue weighted by molar-refractivity contribution is 0.609. The van der Waals surface area contributed by atoms with Crippen molar-refractivity contribution in [3.8, 4) is 11.3 Å². The number of H-pyrrole nitrogens is 1. The molecule has 3 nitrogen and oxygen atoms in total. The van der Waals surface area contributed by atoms with Gasteiger partial charge in [0.25, 0.3) is 0 Å². The number of imidazole rings is 1. The Hall–Kier alpha value is -1.61. The predicted octanol–water partition coefficient (Wildman–Crippen LogP) is 3.62. The van der Waals surface area contributed by atoms with Crippen LogP contribution >= 0.6 is 0 Å². The first-order valence-electron chi connectivity index (χ1n) is 7.14. The Labute approximate surface area is 114 Å². The maximum Gasteiger partial charge on any atom is 0.124 e. The molecule has 3 rings (SSSR count). The molecule has 0 aliphatic carbocycles. The number of benzene rings is 1. The second kappa shape index (κ2) is 5.17. The van der Waals surface area contributed by atoms with Crippen LogP contribution in [0.5, 0.6) is 0 Å². The molecule has 0 saturated carbocycles. The van der Waals surface area contributed by atoms with E-state index < -0.39 is 0 Å². The summed E-state index contributed by atoms with van der Waals surface area (Å²) in [6.45, 7) is 5.53. The van der Waals surface area contributed by atoms with Crippen LogP contribution < -0.4 is 5.32 Å². The van der Waals surface area contributed by atoms with Gasteiger partial charge in [-0.15, -0.1) is 0 Å². The molecular formula is C16H21N3. The number of rotatable bonds is 3. The molecule has 1 atom stereocenters. The molecule has 1 aliphatic heterocycles. The molecule has 19 heavy (non-hydrogen) atoms. The zero-order valence-electron chi connectivity index (χ0n) is 11.6. The summed E-state index contributed by atoms with van der Waals surface area (Å²) in [5.74, 6) is 1.55. The molecule has 1 unspecified atom stereocenters. The van der Waals surface area contributed by atoms with E-state index in [9.17, 15) is 0 Å². The third-order valence-corrected chi connectivity index (χ3v) is 3.77. The molecule has 0 radical (unpaired) electrons. The SMILES string of the molecule is CC(C)c1[nH]c(C2CCCN2)nc1-c1ccccc1. The summed E-state index contributed by atoms with van der Waals surface area (Å²) in [6, 6.07) is 10.9. The van der Waals surface area contributed by atoms with Gasteiger partial charge in [0.15, 0.2) is 0 Å². The summed E-state index contributed by atoms with van der Waals surface area (Å²) < 4.78 is 0. The summed E-state index contributed by atoms with van der Waals surface area (Å²) in [5.41, 5.74) is 3.56. The lowest BCUT2D eigenvalue weighted by atomic mass is 10.0. The van der Waals surface area contributed by atoms with Crippen LogP contribution in [0.4, 0.5) is 0 Å². The molecule has 2 N–H and O–H groups in total. The number of hydrogen-bond acceptors (Lipinski definition) is 2. The van der Waals surface area contributed by atoms with Crippen LogP contribution in [0.1, 0.15) is 50.2 Å². The summed E-state index contributed by atoms with van der Waals surface area (Å²) in [5, 5.41) is 3.51. The van der Waals surface area contributed by atoms with Crippen LogP contribution in [0.3, 0.4) is 0 Å². The Morgan fingerprint density at radius 3 is 2.63 bits per heavy atom. The molecular weight excluding hydrogens is 234 g/mol. The van der Waals surface area contributed by atoms with E-state index in [0.29, 0.717) is 12.0 Å². The molecule has 0 bridgehead atoms. The first-order chi connectivity index (χ1) is 9.25. The molecule has 1 aromatic heterocycles. The summed E-state index contributed by atoms with van der Waals surface area (Å²) in [7, 11) is 0. The summed E-state index contributed by atoms with van der Waals surface area (Å²) in [6.07, 6.45) is 2.42. The molecule has 2 aromatic rings. The van der Waals surface area contributed by atoms with Crippen molar-refractivity contribution < 1.29 is 0 Å². The fourth-order valence-corrected chi connectivity index (χ4v) is 2.72. The zero-order chi connectivity index (χ0) is 13.2. The van der Waals surface area contributed by atoms with Crippen LogP contribution in [0.2, 0.25) is 0 Å². The maximum absolute atomic E-state index is 4.87. The van der Waals surface area contributed by atoms with Gasteiger partial charge in [0.05, 0.1) is 11.7 Å². The summed E-state index contributed by atoms with van der Waals surface area (Å²) in [4.78, 5) is 8.41. The molecule has 1 aliphatic rings. The minimum atomic E-state index is 0.398. The van der Waals surface area contributed by atoms with Crippen molar-refractivity contribution >= 4 is 0 Å². The van der Waals surface area contributed by atoms with E-state index in [4.69, 9.17) is 4.98 Å².